The van der Waals surface area contributed by atoms with E-state index in [9.17, 15) is 4.79 Å². The molecule has 0 aromatic carbocycles. The lowest BCUT2D eigenvalue weighted by Gasteiger charge is -2.40. The smallest absolute Gasteiger partial charge is 0.225 e. The second kappa shape index (κ2) is 12.4. The van der Waals surface area contributed by atoms with Gasteiger partial charge in [0, 0.05) is 56.1 Å². The molecule has 1 saturated carbocycles. The number of hydrogen-bond acceptors (Lipinski definition) is 5. The van der Waals surface area contributed by atoms with Crippen molar-refractivity contribution in [2.24, 2.45) is 11.8 Å². The van der Waals surface area contributed by atoms with Crippen molar-refractivity contribution in [3.05, 3.63) is 42.0 Å². The van der Waals surface area contributed by atoms with E-state index >= 15 is 0 Å². The van der Waals surface area contributed by atoms with E-state index in [1.807, 2.05) is 10.9 Å². The summed E-state index contributed by atoms with van der Waals surface area (Å²) < 4.78 is 1.97. The van der Waals surface area contributed by atoms with Crippen LogP contribution < -0.4 is 4.90 Å². The first kappa shape index (κ1) is 27.6. The highest BCUT2D eigenvalue weighted by Gasteiger charge is 2.33. The molecular weight excluding hydrogens is 460 g/mol. The number of amides is 1. The molecule has 0 radical (unpaired) electrons. The van der Waals surface area contributed by atoms with Crippen LogP contribution in [0.3, 0.4) is 0 Å². The largest absolute Gasteiger partial charge is 0.365 e. The van der Waals surface area contributed by atoms with Gasteiger partial charge in [-0.05, 0) is 77.5 Å². The summed E-state index contributed by atoms with van der Waals surface area (Å²) >= 11 is 0. The van der Waals surface area contributed by atoms with E-state index in [0.29, 0.717) is 12.5 Å². The van der Waals surface area contributed by atoms with Crippen molar-refractivity contribution in [2.45, 2.75) is 85.2 Å². The molecule has 7 nitrogen and oxygen atoms in total. The average molecular weight is 509 g/mol. The molecule has 0 bridgehead atoms. The summed E-state index contributed by atoms with van der Waals surface area (Å²) in [6, 6.07) is 6.26. The van der Waals surface area contributed by atoms with E-state index in [1.54, 1.807) is 0 Å². The quantitative estimate of drug-likeness (QED) is 0.484. The van der Waals surface area contributed by atoms with E-state index in [4.69, 9.17) is 4.98 Å². The Balaban J connectivity index is 1.23. The predicted octanol–water partition coefficient (Wildman–Crippen LogP) is 4.85. The lowest BCUT2D eigenvalue weighted by Crippen LogP contribution is -2.51. The average Bonchev–Trinajstić information content (AvgIpc) is 3.35. The van der Waals surface area contributed by atoms with Gasteiger partial charge in [-0.1, -0.05) is 26.3 Å². The Morgan fingerprint density at radius 2 is 1.73 bits per heavy atom. The fourth-order valence-corrected chi connectivity index (χ4v) is 6.01. The number of carbonyl (C=O) groups excluding carboxylic acids is 1. The maximum Gasteiger partial charge on any atom is 0.225 e. The molecule has 2 aromatic heterocycles. The number of rotatable bonds is 9. The van der Waals surface area contributed by atoms with Crippen LogP contribution in [0.15, 0.2) is 30.6 Å². The summed E-state index contributed by atoms with van der Waals surface area (Å²) in [6.07, 6.45) is 10.6. The summed E-state index contributed by atoms with van der Waals surface area (Å²) in [4.78, 5) is 25.1. The monoisotopic (exact) mass is 508 g/mol. The van der Waals surface area contributed by atoms with Crippen LogP contribution in [-0.4, -0.2) is 75.3 Å². The van der Waals surface area contributed by atoms with Crippen LogP contribution in [0, 0.1) is 11.8 Å². The normalized spacial score (nSPS) is 21.0. The number of carbonyl (C=O) groups is 1. The van der Waals surface area contributed by atoms with Crippen LogP contribution >= 0.6 is 0 Å². The van der Waals surface area contributed by atoms with Crippen molar-refractivity contribution in [1.82, 2.24) is 24.6 Å². The van der Waals surface area contributed by atoms with E-state index in [-0.39, 0.29) is 11.5 Å². The zero-order chi connectivity index (χ0) is 26.4. The first-order chi connectivity index (χ1) is 17.8. The first-order valence-electron chi connectivity index (χ1n) is 14.5. The van der Waals surface area contributed by atoms with Crippen molar-refractivity contribution >= 4 is 11.6 Å². The summed E-state index contributed by atoms with van der Waals surface area (Å²) in [7, 11) is 0. The van der Waals surface area contributed by atoms with Gasteiger partial charge in [0.15, 0.2) is 0 Å². The molecule has 1 aliphatic carbocycles. The Hall–Kier alpha value is -2.41. The van der Waals surface area contributed by atoms with Gasteiger partial charge in [-0.2, -0.15) is 5.10 Å². The van der Waals surface area contributed by atoms with Gasteiger partial charge in [0.25, 0.3) is 0 Å². The number of aromatic nitrogens is 3. The van der Waals surface area contributed by atoms with Gasteiger partial charge in [-0.15, -0.1) is 0 Å². The Bertz CT molecular complexity index is 995. The molecule has 37 heavy (non-hydrogen) atoms. The van der Waals surface area contributed by atoms with Crippen molar-refractivity contribution in [1.29, 1.82) is 0 Å². The van der Waals surface area contributed by atoms with E-state index in [2.05, 4.69) is 78.8 Å². The highest BCUT2D eigenvalue weighted by molar-refractivity contribution is 5.79. The van der Waals surface area contributed by atoms with Gasteiger partial charge >= 0.3 is 0 Å². The molecule has 3 heterocycles. The first-order valence-corrected chi connectivity index (χ1v) is 14.5. The van der Waals surface area contributed by atoms with E-state index in [1.165, 1.54) is 12.8 Å². The zero-order valence-electron chi connectivity index (χ0n) is 23.8. The standard InChI is InChI=1S/C30H48N6O/c1-6-9-26-10-8-11-27(32-26)22-36-23-28(20-31-36)33-16-18-34(19-17-33)29(37)25-14-12-24(13-15-25)21-35(7-2)30(3,4)5/h8,10-11,20,23-25H,6-7,9,12-19,21-22H2,1-5H3/t24-,25-. The van der Waals surface area contributed by atoms with Crippen LogP contribution in [0.4, 0.5) is 5.69 Å². The predicted molar refractivity (Wildman–Crippen MR) is 151 cm³/mol. The molecule has 0 unspecified atom stereocenters. The molecule has 1 amide bonds. The van der Waals surface area contributed by atoms with Gasteiger partial charge in [0.1, 0.15) is 0 Å². The second-order valence-electron chi connectivity index (χ2n) is 12.0. The van der Waals surface area contributed by atoms with Crippen molar-refractivity contribution < 1.29 is 4.79 Å². The fourth-order valence-electron chi connectivity index (χ4n) is 6.01. The van der Waals surface area contributed by atoms with Crippen LogP contribution in [0.25, 0.3) is 0 Å². The van der Waals surface area contributed by atoms with Crippen LogP contribution in [0.5, 0.6) is 0 Å². The molecule has 4 rings (SSSR count). The summed E-state index contributed by atoms with van der Waals surface area (Å²) in [5.41, 5.74) is 3.55. The number of hydrogen-bond donors (Lipinski definition) is 0. The summed E-state index contributed by atoms with van der Waals surface area (Å²) in [5, 5.41) is 4.59. The van der Waals surface area contributed by atoms with Gasteiger partial charge in [-0.25, -0.2) is 0 Å². The molecule has 1 aliphatic heterocycles. The SMILES string of the molecule is CCCc1cccc(Cn2cc(N3CCN(C(=O)[C@H]4CC[C@H](CN(CC)C(C)(C)C)CC4)CC3)cn2)n1. The Labute approximate surface area is 224 Å². The molecule has 7 heteroatoms. The van der Waals surface area contributed by atoms with Gasteiger partial charge < -0.3 is 9.80 Å². The highest BCUT2D eigenvalue weighted by Crippen LogP contribution is 2.32. The van der Waals surface area contributed by atoms with Crippen LogP contribution in [0.1, 0.15) is 78.1 Å². The van der Waals surface area contributed by atoms with E-state index in [0.717, 1.165) is 87.9 Å². The van der Waals surface area contributed by atoms with Crippen molar-refractivity contribution in [3.8, 4) is 0 Å². The third kappa shape index (κ3) is 7.34. The van der Waals surface area contributed by atoms with Crippen LogP contribution in [0.2, 0.25) is 0 Å². The molecule has 1 saturated heterocycles. The topological polar surface area (TPSA) is 57.5 Å². The number of piperazine rings is 1. The number of nitrogens with zero attached hydrogens (tertiary/aromatic N) is 6. The second-order valence-corrected chi connectivity index (χ2v) is 12.0. The Kier molecular flexibility index (Phi) is 9.27. The molecule has 0 atom stereocenters. The minimum atomic E-state index is 0.214. The number of anilines is 1. The van der Waals surface area contributed by atoms with Gasteiger partial charge in [0.2, 0.25) is 5.91 Å². The fraction of sp³-hybridized carbons (Fsp3) is 0.700. The Morgan fingerprint density at radius 1 is 1.03 bits per heavy atom. The molecule has 2 aromatic rings. The third-order valence-corrected chi connectivity index (χ3v) is 8.28. The molecule has 2 fully saturated rings. The highest BCUT2D eigenvalue weighted by atomic mass is 16.2. The Morgan fingerprint density at radius 3 is 2.38 bits per heavy atom. The van der Waals surface area contributed by atoms with Gasteiger partial charge in [0.05, 0.1) is 24.1 Å². The van der Waals surface area contributed by atoms with Crippen molar-refractivity contribution in [3.63, 3.8) is 0 Å². The summed E-state index contributed by atoms with van der Waals surface area (Å²) in [5.74, 6) is 1.32. The molecular formula is C30H48N6O. The lowest BCUT2D eigenvalue weighted by molar-refractivity contribution is -0.137. The number of aryl methyl sites for hydroxylation is 1. The lowest BCUT2D eigenvalue weighted by atomic mass is 9.80. The molecule has 2 aliphatic rings. The third-order valence-electron chi connectivity index (χ3n) is 8.28. The maximum absolute atomic E-state index is 13.3. The number of pyridine rings is 1. The zero-order valence-corrected chi connectivity index (χ0v) is 23.8. The minimum Gasteiger partial charge on any atom is -0.365 e. The van der Waals surface area contributed by atoms with E-state index < -0.39 is 0 Å². The molecule has 0 N–H and O–H groups in total. The van der Waals surface area contributed by atoms with Gasteiger partial charge in [-0.3, -0.25) is 19.4 Å². The van der Waals surface area contributed by atoms with Crippen molar-refractivity contribution in [2.75, 3.05) is 44.2 Å². The maximum atomic E-state index is 13.3. The molecule has 0 spiro atoms. The molecule has 204 valence electrons. The minimum absolute atomic E-state index is 0.214. The van der Waals surface area contributed by atoms with Crippen LogP contribution in [-0.2, 0) is 17.8 Å². The summed E-state index contributed by atoms with van der Waals surface area (Å²) in [6.45, 7) is 17.6.